The molecule has 0 bridgehead atoms. The Bertz CT molecular complexity index is 2170. The molecule has 2 spiro atoms. The summed E-state index contributed by atoms with van der Waals surface area (Å²) in [7, 11) is 0. The van der Waals surface area contributed by atoms with Crippen LogP contribution in [-0.2, 0) is 44.6 Å². The lowest BCUT2D eigenvalue weighted by Gasteiger charge is -2.62. The second kappa shape index (κ2) is 13.2. The van der Waals surface area contributed by atoms with Gasteiger partial charge in [-0.15, -0.1) is 0 Å². The molecule has 0 amide bonds. The van der Waals surface area contributed by atoms with Gasteiger partial charge in [-0.2, -0.15) is 0 Å². The van der Waals surface area contributed by atoms with Gasteiger partial charge in [0.1, 0.15) is 23.4 Å². The van der Waals surface area contributed by atoms with Crippen LogP contribution in [0.3, 0.4) is 0 Å². The van der Waals surface area contributed by atoms with Gasteiger partial charge in [-0.25, -0.2) is 0 Å². The molecule has 1 aromatic heterocycles. The lowest BCUT2D eigenvalue weighted by atomic mass is 9.44. The highest BCUT2D eigenvalue weighted by Crippen LogP contribution is 2.73. The van der Waals surface area contributed by atoms with Crippen molar-refractivity contribution in [2.75, 3.05) is 13.2 Å². The number of aliphatic hydroxyl groups is 6. The van der Waals surface area contributed by atoms with E-state index >= 15 is 0 Å². The molecule has 4 saturated heterocycles. The smallest absolute Gasteiger partial charge is 0.174 e. The minimum absolute atomic E-state index is 0.0824. The first-order valence-electron chi connectivity index (χ1n) is 26.1. The van der Waals surface area contributed by atoms with Crippen LogP contribution in [0.5, 0.6) is 0 Å². The van der Waals surface area contributed by atoms with Crippen molar-refractivity contribution >= 4 is 0 Å². The first kappa shape index (κ1) is 44.1. The molecule has 5 heterocycles. The van der Waals surface area contributed by atoms with Crippen molar-refractivity contribution in [1.29, 1.82) is 0 Å². The van der Waals surface area contributed by atoms with E-state index in [0.29, 0.717) is 50.4 Å². The molecule has 362 valence electrons. The topological polar surface area (TPSA) is 184 Å². The summed E-state index contributed by atoms with van der Waals surface area (Å²) >= 11 is 0. The van der Waals surface area contributed by atoms with E-state index in [0.717, 1.165) is 74.1 Å². The molecule has 0 radical (unpaired) electrons. The average Bonchev–Trinajstić information content (AvgIpc) is 3.81. The summed E-state index contributed by atoms with van der Waals surface area (Å²) in [6, 6.07) is 0. The number of hydrogen-bond donors (Lipinski definition) is 6. The minimum atomic E-state index is -1.32. The Morgan fingerprint density at radius 3 is 1.30 bits per heavy atom. The van der Waals surface area contributed by atoms with Gasteiger partial charge in [0.25, 0.3) is 0 Å². The van der Waals surface area contributed by atoms with Gasteiger partial charge in [0.2, 0.25) is 0 Å². The largest absolute Gasteiger partial charge is 0.392 e. The third-order valence-corrected chi connectivity index (χ3v) is 23.4. The maximum absolute atomic E-state index is 12.9. The van der Waals surface area contributed by atoms with Crippen LogP contribution < -0.4 is 0 Å². The van der Waals surface area contributed by atoms with Crippen LogP contribution in [-0.4, -0.2) is 112 Å². The molecule has 6 N–H and O–H groups in total. The number of fused-ring (bicyclic) bond motifs is 16. The van der Waals surface area contributed by atoms with E-state index in [-0.39, 0.29) is 59.6 Å². The summed E-state index contributed by atoms with van der Waals surface area (Å²) in [5, 5.41) is 72.1. The molecule has 12 heteroatoms. The summed E-state index contributed by atoms with van der Waals surface area (Å²) < 4.78 is 26.1. The summed E-state index contributed by atoms with van der Waals surface area (Å²) in [4.78, 5) is 11.2. The number of aliphatic hydroxyl groups excluding tert-OH is 2. The SMILES string of the molecule is C[C@@H]1C2(CC[C@](C)(O)CO2)O[C@H]2C=C3[C@@H]4CC[C@H]5Cc6nc7c(nc6C[C@]5(C)[C@H]4C[C@@H](O)[C@]3(C)[C@]21O)C[C@@H]1CC[C@H]2C3=C[C@@H]4O[C@]5(CC[C@](C)(O)CO5)[C@@H](C)[C@]4(O)[C@@]3(C)[C@H](O)C[C@@H]2[C@@]1(C)C7. The Hall–Kier alpha value is -1.84. The highest BCUT2D eigenvalue weighted by atomic mass is 16.7. The molecule has 1 aromatic rings. The quantitative estimate of drug-likeness (QED) is 0.182. The summed E-state index contributed by atoms with van der Waals surface area (Å²) in [6.07, 6.45) is 12.6. The van der Waals surface area contributed by atoms with Crippen molar-refractivity contribution in [2.45, 2.75) is 204 Å². The molecule has 4 saturated carbocycles. The second-order valence-corrected chi connectivity index (χ2v) is 26.3. The zero-order valence-electron chi connectivity index (χ0n) is 40.6. The third-order valence-electron chi connectivity index (χ3n) is 23.4. The van der Waals surface area contributed by atoms with E-state index < -0.39 is 69.2 Å². The first-order valence-corrected chi connectivity index (χ1v) is 26.1. The molecule has 12 nitrogen and oxygen atoms in total. The predicted molar refractivity (Wildman–Crippen MR) is 241 cm³/mol. The second-order valence-electron chi connectivity index (χ2n) is 26.3. The lowest BCUT2D eigenvalue weighted by molar-refractivity contribution is -0.289. The van der Waals surface area contributed by atoms with Crippen molar-refractivity contribution in [3.63, 3.8) is 0 Å². The van der Waals surface area contributed by atoms with Crippen LogP contribution in [0.4, 0.5) is 0 Å². The zero-order chi connectivity index (χ0) is 46.4. The van der Waals surface area contributed by atoms with E-state index in [4.69, 9.17) is 28.9 Å². The molecule has 66 heavy (non-hydrogen) atoms. The van der Waals surface area contributed by atoms with Gasteiger partial charge in [0.05, 0.1) is 59.4 Å². The maximum atomic E-state index is 12.9. The Balaban J connectivity index is 0.765. The lowest BCUT2D eigenvalue weighted by Crippen LogP contribution is -2.65. The number of rotatable bonds is 0. The Labute approximate surface area is 390 Å². The zero-order valence-corrected chi connectivity index (χ0v) is 40.6. The van der Waals surface area contributed by atoms with Gasteiger partial charge in [-0.05, 0) is 137 Å². The van der Waals surface area contributed by atoms with E-state index in [1.54, 1.807) is 13.8 Å². The number of aromatic nitrogens is 2. The number of ether oxygens (including phenoxy) is 4. The highest BCUT2D eigenvalue weighted by Gasteiger charge is 2.78. The first-order chi connectivity index (χ1) is 30.9. The van der Waals surface area contributed by atoms with Crippen molar-refractivity contribution in [1.82, 2.24) is 9.97 Å². The van der Waals surface area contributed by atoms with Crippen molar-refractivity contribution in [3.8, 4) is 0 Å². The molecular weight excluding hydrogens is 837 g/mol. The van der Waals surface area contributed by atoms with Gasteiger partial charge in [0, 0.05) is 35.5 Å². The van der Waals surface area contributed by atoms with E-state index in [1.165, 1.54) is 11.1 Å². The monoisotopic (exact) mass is 913 g/mol. The normalized spacial score (nSPS) is 59.5. The van der Waals surface area contributed by atoms with Gasteiger partial charge in [-0.1, -0.05) is 64.8 Å². The molecule has 13 rings (SSSR count). The van der Waals surface area contributed by atoms with Crippen molar-refractivity contribution in [2.24, 2.45) is 69.0 Å². The predicted octanol–water partition coefficient (Wildman–Crippen LogP) is 5.44. The van der Waals surface area contributed by atoms with E-state index in [2.05, 4.69) is 39.8 Å². The van der Waals surface area contributed by atoms with Crippen LogP contribution in [0.15, 0.2) is 23.3 Å². The summed E-state index contributed by atoms with van der Waals surface area (Å²) in [5.41, 5.74) is 0.492. The Morgan fingerprint density at radius 1 is 0.545 bits per heavy atom. The van der Waals surface area contributed by atoms with Crippen molar-refractivity contribution < 1.29 is 49.6 Å². The third kappa shape index (κ3) is 5.07. The van der Waals surface area contributed by atoms with Gasteiger partial charge >= 0.3 is 0 Å². The molecule has 22 atom stereocenters. The number of hydrogen-bond acceptors (Lipinski definition) is 12. The summed E-state index contributed by atoms with van der Waals surface area (Å²) in [5.74, 6) is -0.993. The Kier molecular flexibility index (Phi) is 8.80. The maximum Gasteiger partial charge on any atom is 0.174 e. The van der Waals surface area contributed by atoms with E-state index in [1.807, 2.05) is 13.8 Å². The fourth-order valence-electron chi connectivity index (χ4n) is 19.0. The minimum Gasteiger partial charge on any atom is -0.392 e. The summed E-state index contributed by atoms with van der Waals surface area (Å²) in [6.45, 7) is 17.0. The molecular formula is C54H76N2O10. The fourth-order valence-corrected chi connectivity index (χ4v) is 19.0. The standard InChI is InChI=1S/C54H76N2O10/c1-27-51(15-13-45(3,59)25-63-51)65-43-21-35-31-11-9-29-17-37-39(23-47(29,5)33(31)19-41(57)49(35,7)53(27,43)61)55-38-18-30-10-12-32-34(48(30,6)24-40(38)56-37)20-42(58)50(8)36(32)22-44-54(50,62)28(2)52(66-44)16-14-46(4,60)26-64-52/h21-22,27-34,41-44,57-62H,9-20,23-26H2,1-8H3/t27-,28-,29+,30+,31-,32-,33+,34+,41-,42-,43+,44+,45+,46+,47+,48+,49-,50-,51-,52?,53-,54-/m1/s1. The van der Waals surface area contributed by atoms with Crippen LogP contribution in [0.2, 0.25) is 0 Å². The average molecular weight is 913 g/mol. The molecule has 0 aromatic carbocycles. The van der Waals surface area contributed by atoms with Crippen LogP contribution in [0.25, 0.3) is 0 Å². The molecule has 8 aliphatic carbocycles. The van der Waals surface area contributed by atoms with Gasteiger partial charge in [-0.3, -0.25) is 9.97 Å². The van der Waals surface area contributed by atoms with Crippen LogP contribution in [0.1, 0.15) is 142 Å². The molecule has 1 unspecified atom stereocenters. The van der Waals surface area contributed by atoms with Crippen LogP contribution >= 0.6 is 0 Å². The van der Waals surface area contributed by atoms with Crippen molar-refractivity contribution in [3.05, 3.63) is 46.1 Å². The van der Waals surface area contributed by atoms with Crippen LogP contribution in [0, 0.1) is 69.0 Å². The van der Waals surface area contributed by atoms with Gasteiger partial charge in [0.15, 0.2) is 11.6 Å². The molecule has 4 aliphatic heterocycles. The van der Waals surface area contributed by atoms with E-state index in [9.17, 15) is 30.6 Å². The fraction of sp³-hybridized carbons (Fsp3) is 0.852. The molecule has 8 fully saturated rings. The van der Waals surface area contributed by atoms with Gasteiger partial charge < -0.3 is 49.6 Å². The number of nitrogens with zero attached hydrogens (tertiary/aromatic N) is 2. The highest BCUT2D eigenvalue weighted by molar-refractivity contribution is 5.45. The molecule has 12 aliphatic rings. The Morgan fingerprint density at radius 2 is 0.939 bits per heavy atom.